The predicted octanol–water partition coefficient (Wildman–Crippen LogP) is 2.91. The van der Waals surface area contributed by atoms with Crippen molar-refractivity contribution >= 4 is 11.0 Å². The maximum absolute atomic E-state index is 3.80. The van der Waals surface area contributed by atoms with Gasteiger partial charge in [0.25, 0.3) is 0 Å². The van der Waals surface area contributed by atoms with Crippen molar-refractivity contribution in [2.75, 3.05) is 0 Å². The summed E-state index contributed by atoms with van der Waals surface area (Å²) in [7, 11) is 0. The zero-order valence-electron chi connectivity index (χ0n) is 9.89. The summed E-state index contributed by atoms with van der Waals surface area (Å²) in [6.45, 7) is 8.00. The quantitative estimate of drug-likeness (QED) is 0.535. The van der Waals surface area contributed by atoms with Gasteiger partial charge >= 0.3 is 0 Å². The molecule has 0 N–H and O–H groups in total. The Morgan fingerprint density at radius 3 is 2.94 bits per heavy atom. The molecule has 2 rings (SSSR count). The minimum absolute atomic E-state index is 0.875. The van der Waals surface area contributed by atoms with Gasteiger partial charge in [0.05, 0.1) is 6.54 Å². The van der Waals surface area contributed by atoms with Crippen LogP contribution in [0.2, 0.25) is 0 Å². The summed E-state index contributed by atoms with van der Waals surface area (Å²) in [5, 5.41) is 0. The number of hydrogen-bond acceptors (Lipinski definition) is 0. The van der Waals surface area contributed by atoms with Gasteiger partial charge in [0, 0.05) is 0 Å². The summed E-state index contributed by atoms with van der Waals surface area (Å²) in [4.78, 5) is 0. The average Bonchev–Trinajstić information content (AvgIpc) is 2.66. The molecule has 0 aliphatic heterocycles. The van der Waals surface area contributed by atoms with Gasteiger partial charge in [0.2, 0.25) is 6.33 Å². The minimum atomic E-state index is 0.875. The van der Waals surface area contributed by atoms with Gasteiger partial charge in [-0.3, -0.25) is 0 Å². The molecule has 16 heavy (non-hydrogen) atoms. The van der Waals surface area contributed by atoms with E-state index >= 15 is 0 Å². The number of imidazole rings is 1. The molecule has 2 heteroatoms. The Hall–Kier alpha value is -1.57. The van der Waals surface area contributed by atoms with Crippen LogP contribution in [0.4, 0.5) is 0 Å². The van der Waals surface area contributed by atoms with Gasteiger partial charge in [-0.15, -0.1) is 0 Å². The van der Waals surface area contributed by atoms with E-state index in [1.165, 1.54) is 23.9 Å². The molecular formula is C14H19N2+. The van der Waals surface area contributed by atoms with Gasteiger partial charge in [0.15, 0.2) is 11.0 Å². The Bertz CT molecular complexity index is 482. The van der Waals surface area contributed by atoms with Crippen LogP contribution in [0, 0.1) is 0 Å². The Morgan fingerprint density at radius 1 is 1.38 bits per heavy atom. The zero-order chi connectivity index (χ0) is 11.4. The molecule has 1 aromatic heterocycles. The normalized spacial score (nSPS) is 10.8. The zero-order valence-corrected chi connectivity index (χ0v) is 9.89. The first kappa shape index (κ1) is 10.9. The smallest absolute Gasteiger partial charge is 0.230 e. The van der Waals surface area contributed by atoms with Crippen LogP contribution in [0.3, 0.4) is 0 Å². The highest BCUT2D eigenvalue weighted by Crippen LogP contribution is 2.10. The maximum atomic E-state index is 3.80. The van der Waals surface area contributed by atoms with Crippen LogP contribution in [-0.4, -0.2) is 4.57 Å². The fourth-order valence-corrected chi connectivity index (χ4v) is 2.03. The fraction of sp³-hybridized carbons (Fsp3) is 0.357. The minimum Gasteiger partial charge on any atom is -0.230 e. The number of nitrogens with zero attached hydrogens (tertiary/aromatic N) is 2. The first-order valence-electron chi connectivity index (χ1n) is 5.95. The number of allylic oxidation sites excluding steroid dienone is 1. The summed E-state index contributed by atoms with van der Waals surface area (Å²) in [5.74, 6) is 0. The molecule has 0 unspecified atom stereocenters. The molecule has 2 nitrogen and oxygen atoms in total. The topological polar surface area (TPSA) is 8.81 Å². The average molecular weight is 215 g/mol. The number of aromatic nitrogens is 2. The summed E-state index contributed by atoms with van der Waals surface area (Å²) < 4.78 is 4.58. The van der Waals surface area contributed by atoms with Gasteiger partial charge in [-0.2, -0.15) is 0 Å². The molecule has 1 heterocycles. The van der Waals surface area contributed by atoms with Crippen LogP contribution >= 0.6 is 0 Å². The van der Waals surface area contributed by atoms with Crippen LogP contribution in [-0.2, 0) is 13.1 Å². The van der Waals surface area contributed by atoms with Crippen LogP contribution in [0.5, 0.6) is 0 Å². The Balaban J connectivity index is 2.44. The van der Waals surface area contributed by atoms with Gasteiger partial charge < -0.3 is 0 Å². The van der Waals surface area contributed by atoms with Crippen molar-refractivity contribution in [2.24, 2.45) is 0 Å². The number of para-hydroxylation sites is 2. The van der Waals surface area contributed by atoms with Gasteiger partial charge in [-0.1, -0.05) is 38.1 Å². The van der Waals surface area contributed by atoms with Crippen LogP contribution in [0.1, 0.15) is 19.8 Å². The molecule has 1 aromatic carbocycles. The molecule has 0 saturated heterocycles. The molecule has 0 aliphatic rings. The van der Waals surface area contributed by atoms with Crippen LogP contribution < -0.4 is 4.57 Å². The van der Waals surface area contributed by atoms with Crippen molar-refractivity contribution in [3.8, 4) is 0 Å². The van der Waals surface area contributed by atoms with E-state index in [4.69, 9.17) is 0 Å². The van der Waals surface area contributed by atoms with Gasteiger partial charge in [0.1, 0.15) is 6.54 Å². The largest absolute Gasteiger partial charge is 0.245 e. The van der Waals surface area contributed by atoms with Crippen LogP contribution in [0.25, 0.3) is 11.0 Å². The second-order valence-electron chi connectivity index (χ2n) is 4.09. The summed E-state index contributed by atoms with van der Waals surface area (Å²) in [5.41, 5.74) is 2.61. The van der Waals surface area contributed by atoms with Crippen molar-refractivity contribution in [1.29, 1.82) is 0 Å². The lowest BCUT2D eigenvalue weighted by Crippen LogP contribution is -2.32. The van der Waals surface area contributed by atoms with E-state index in [-0.39, 0.29) is 0 Å². The molecular weight excluding hydrogens is 196 g/mol. The maximum Gasteiger partial charge on any atom is 0.245 e. The van der Waals surface area contributed by atoms with E-state index in [0.29, 0.717) is 0 Å². The van der Waals surface area contributed by atoms with Crippen molar-refractivity contribution < 1.29 is 4.57 Å². The monoisotopic (exact) mass is 215 g/mol. The lowest BCUT2D eigenvalue weighted by atomic mass is 10.3. The molecule has 0 atom stereocenters. The van der Waals surface area contributed by atoms with E-state index in [1.807, 2.05) is 6.08 Å². The van der Waals surface area contributed by atoms with Gasteiger partial charge in [-0.05, 0) is 18.6 Å². The molecule has 0 aliphatic carbocycles. The molecule has 0 bridgehead atoms. The van der Waals surface area contributed by atoms with Crippen molar-refractivity contribution in [3.63, 3.8) is 0 Å². The van der Waals surface area contributed by atoms with Crippen molar-refractivity contribution in [3.05, 3.63) is 43.2 Å². The molecule has 0 spiro atoms. The molecule has 0 amide bonds. The lowest BCUT2D eigenvalue weighted by Gasteiger charge is -1.94. The summed E-state index contributed by atoms with van der Waals surface area (Å²) in [6.07, 6.45) is 6.60. The number of benzene rings is 1. The SMILES string of the molecule is C=CCn1c[n+](CCCC)c2ccccc21. The molecule has 84 valence electrons. The molecule has 0 radical (unpaired) electrons. The Kier molecular flexibility index (Phi) is 3.40. The second kappa shape index (κ2) is 4.97. The highest BCUT2D eigenvalue weighted by Gasteiger charge is 2.12. The van der Waals surface area contributed by atoms with Gasteiger partial charge in [-0.25, -0.2) is 9.13 Å². The third kappa shape index (κ3) is 2.01. The lowest BCUT2D eigenvalue weighted by molar-refractivity contribution is -0.672. The molecule has 2 aromatic rings. The second-order valence-corrected chi connectivity index (χ2v) is 4.09. The standard InChI is InChI=1S/C14H19N2/c1-3-5-11-16-12-15(10-4-2)13-8-6-7-9-14(13)16/h4,6-9,12H,2-3,5,10-11H2,1H3/q+1. The van der Waals surface area contributed by atoms with Crippen molar-refractivity contribution in [2.45, 2.75) is 32.9 Å². The molecule has 0 fully saturated rings. The number of unbranched alkanes of at least 4 members (excludes halogenated alkanes) is 1. The van der Waals surface area contributed by atoms with Crippen LogP contribution in [0.15, 0.2) is 43.2 Å². The first-order valence-corrected chi connectivity index (χ1v) is 5.95. The number of rotatable bonds is 5. The Morgan fingerprint density at radius 2 is 2.19 bits per heavy atom. The third-order valence-corrected chi connectivity index (χ3v) is 2.86. The number of fused-ring (bicyclic) bond motifs is 1. The fourth-order valence-electron chi connectivity index (χ4n) is 2.03. The Labute approximate surface area is 96.8 Å². The third-order valence-electron chi connectivity index (χ3n) is 2.86. The van der Waals surface area contributed by atoms with E-state index in [0.717, 1.165) is 13.1 Å². The highest BCUT2D eigenvalue weighted by atomic mass is 15.1. The molecule has 0 saturated carbocycles. The van der Waals surface area contributed by atoms with Crippen molar-refractivity contribution in [1.82, 2.24) is 4.57 Å². The summed E-state index contributed by atoms with van der Waals surface area (Å²) >= 11 is 0. The van der Waals surface area contributed by atoms with E-state index in [9.17, 15) is 0 Å². The first-order chi connectivity index (χ1) is 7.86. The van der Waals surface area contributed by atoms with E-state index < -0.39 is 0 Å². The summed E-state index contributed by atoms with van der Waals surface area (Å²) in [6, 6.07) is 8.54. The predicted molar refractivity (Wildman–Crippen MR) is 67.2 cm³/mol. The van der Waals surface area contributed by atoms with E-state index in [1.54, 1.807) is 0 Å². The number of aryl methyl sites for hydroxylation is 1. The van der Waals surface area contributed by atoms with E-state index in [2.05, 4.69) is 53.2 Å². The highest BCUT2D eigenvalue weighted by molar-refractivity contribution is 5.71. The number of hydrogen-bond donors (Lipinski definition) is 0.